The summed E-state index contributed by atoms with van der Waals surface area (Å²) in [6.45, 7) is 7.74. The predicted molar refractivity (Wildman–Crippen MR) is 113 cm³/mol. The summed E-state index contributed by atoms with van der Waals surface area (Å²) in [5.41, 5.74) is 2.78. The topological polar surface area (TPSA) is 81.7 Å². The molecule has 1 aromatic heterocycles. The number of anilines is 1. The monoisotopic (exact) mass is 398 g/mol. The van der Waals surface area contributed by atoms with E-state index in [2.05, 4.69) is 21.7 Å². The van der Waals surface area contributed by atoms with E-state index in [1.54, 1.807) is 6.07 Å². The highest BCUT2D eigenvalue weighted by atomic mass is 16.5. The van der Waals surface area contributed by atoms with Crippen LogP contribution in [0.3, 0.4) is 0 Å². The van der Waals surface area contributed by atoms with Crippen LogP contribution in [-0.4, -0.2) is 45.7 Å². The summed E-state index contributed by atoms with van der Waals surface area (Å²) in [5.74, 6) is 1.39. The van der Waals surface area contributed by atoms with Crippen LogP contribution in [0, 0.1) is 0 Å². The van der Waals surface area contributed by atoms with Crippen LogP contribution >= 0.6 is 0 Å². The number of phenolic OH excluding ortho intramolecular Hbond substituents is 1. The minimum absolute atomic E-state index is 0.00527. The number of hydrogen-bond acceptors (Lipinski definition) is 6. The van der Waals surface area contributed by atoms with Crippen LogP contribution in [0.2, 0.25) is 0 Å². The SMILES string of the molecule is CCOc1cc(CN2CCc3c(nc(N4CCCC[C@@H]4C)[nH]c3=O)C2)ccc1O. The van der Waals surface area contributed by atoms with Crippen LogP contribution in [-0.2, 0) is 19.5 Å². The molecule has 1 aromatic carbocycles. The Hall–Kier alpha value is -2.54. The van der Waals surface area contributed by atoms with E-state index in [4.69, 9.17) is 9.72 Å². The third kappa shape index (κ3) is 4.24. The Labute approximate surface area is 171 Å². The molecule has 0 unspecified atom stereocenters. The Morgan fingerprint density at radius 2 is 2.17 bits per heavy atom. The molecule has 2 aliphatic rings. The smallest absolute Gasteiger partial charge is 0.255 e. The highest BCUT2D eigenvalue weighted by Crippen LogP contribution is 2.28. The summed E-state index contributed by atoms with van der Waals surface area (Å²) in [6.07, 6.45) is 4.21. The number of rotatable bonds is 5. The van der Waals surface area contributed by atoms with Gasteiger partial charge in [0.15, 0.2) is 11.5 Å². The molecule has 0 saturated carbocycles. The third-order valence-electron chi connectivity index (χ3n) is 5.95. The van der Waals surface area contributed by atoms with E-state index in [0.717, 1.165) is 49.3 Å². The Morgan fingerprint density at radius 1 is 1.31 bits per heavy atom. The van der Waals surface area contributed by atoms with Crippen LogP contribution < -0.4 is 15.2 Å². The van der Waals surface area contributed by atoms with E-state index in [-0.39, 0.29) is 11.3 Å². The Bertz CT molecular complexity index is 927. The number of benzene rings is 1. The Kier molecular flexibility index (Phi) is 5.76. The zero-order valence-electron chi connectivity index (χ0n) is 17.3. The minimum atomic E-state index is 0.00527. The quantitative estimate of drug-likeness (QED) is 0.806. The van der Waals surface area contributed by atoms with Gasteiger partial charge in [-0.25, -0.2) is 4.98 Å². The van der Waals surface area contributed by atoms with Gasteiger partial charge in [-0.3, -0.25) is 14.7 Å². The van der Waals surface area contributed by atoms with Crippen molar-refractivity contribution in [2.75, 3.05) is 24.6 Å². The van der Waals surface area contributed by atoms with Crippen LogP contribution in [0.25, 0.3) is 0 Å². The lowest BCUT2D eigenvalue weighted by Crippen LogP contribution is -2.41. The normalized spacial score (nSPS) is 19.8. The minimum Gasteiger partial charge on any atom is -0.504 e. The first-order chi connectivity index (χ1) is 14.0. The molecule has 29 heavy (non-hydrogen) atoms. The molecule has 1 atom stereocenters. The van der Waals surface area contributed by atoms with E-state index in [0.29, 0.717) is 37.3 Å². The fourth-order valence-electron chi connectivity index (χ4n) is 4.35. The van der Waals surface area contributed by atoms with Gasteiger partial charge in [0.05, 0.1) is 12.3 Å². The number of aromatic hydroxyl groups is 1. The molecule has 0 bridgehead atoms. The molecule has 0 radical (unpaired) electrons. The van der Waals surface area contributed by atoms with Crippen LogP contribution in [0.5, 0.6) is 11.5 Å². The number of piperidine rings is 1. The van der Waals surface area contributed by atoms with E-state index in [9.17, 15) is 9.90 Å². The first-order valence-corrected chi connectivity index (χ1v) is 10.6. The summed E-state index contributed by atoms with van der Waals surface area (Å²) in [6, 6.07) is 5.88. The van der Waals surface area contributed by atoms with E-state index < -0.39 is 0 Å². The lowest BCUT2D eigenvalue weighted by atomic mass is 10.0. The van der Waals surface area contributed by atoms with Crippen molar-refractivity contribution in [1.29, 1.82) is 0 Å². The molecule has 0 aliphatic carbocycles. The molecule has 2 aromatic rings. The van der Waals surface area contributed by atoms with Crippen molar-refractivity contribution < 1.29 is 9.84 Å². The van der Waals surface area contributed by atoms with Crippen molar-refractivity contribution >= 4 is 5.95 Å². The van der Waals surface area contributed by atoms with Gasteiger partial charge in [0, 0.05) is 37.8 Å². The maximum Gasteiger partial charge on any atom is 0.255 e. The molecule has 2 N–H and O–H groups in total. The van der Waals surface area contributed by atoms with Gasteiger partial charge in [-0.15, -0.1) is 0 Å². The number of fused-ring (bicyclic) bond motifs is 1. The van der Waals surface area contributed by atoms with Gasteiger partial charge in [0.25, 0.3) is 5.56 Å². The van der Waals surface area contributed by atoms with Gasteiger partial charge < -0.3 is 14.7 Å². The number of nitrogens with zero attached hydrogens (tertiary/aromatic N) is 3. The van der Waals surface area contributed by atoms with Crippen molar-refractivity contribution in [3.63, 3.8) is 0 Å². The maximum absolute atomic E-state index is 12.7. The Morgan fingerprint density at radius 3 is 2.97 bits per heavy atom. The van der Waals surface area contributed by atoms with Crippen molar-refractivity contribution in [3.8, 4) is 11.5 Å². The fraction of sp³-hybridized carbons (Fsp3) is 0.545. The molecule has 4 rings (SSSR count). The Balaban J connectivity index is 1.53. The summed E-state index contributed by atoms with van der Waals surface area (Å²) in [5, 5.41) is 9.92. The number of H-pyrrole nitrogens is 1. The van der Waals surface area contributed by atoms with Crippen LogP contribution in [0.4, 0.5) is 5.95 Å². The standard InChI is InChI=1S/C22H30N4O3/c1-3-29-20-12-16(7-8-19(20)27)13-25-11-9-17-18(14-25)23-22(24-21(17)28)26-10-5-4-6-15(26)2/h7-8,12,15,27H,3-6,9-11,13-14H2,1-2H3,(H,23,24,28)/t15-/m0/s1. The highest BCUT2D eigenvalue weighted by Gasteiger charge is 2.25. The lowest BCUT2D eigenvalue weighted by molar-refractivity contribution is 0.239. The van der Waals surface area contributed by atoms with Crippen molar-refractivity contribution in [1.82, 2.24) is 14.9 Å². The summed E-state index contributed by atoms with van der Waals surface area (Å²) in [7, 11) is 0. The number of hydrogen-bond donors (Lipinski definition) is 2. The molecule has 3 heterocycles. The van der Waals surface area contributed by atoms with E-state index >= 15 is 0 Å². The molecule has 1 fully saturated rings. The molecule has 156 valence electrons. The fourth-order valence-corrected chi connectivity index (χ4v) is 4.35. The first-order valence-electron chi connectivity index (χ1n) is 10.6. The summed E-state index contributed by atoms with van der Waals surface area (Å²) >= 11 is 0. The number of phenols is 1. The lowest BCUT2D eigenvalue weighted by Gasteiger charge is -2.35. The van der Waals surface area contributed by atoms with Gasteiger partial charge >= 0.3 is 0 Å². The molecule has 0 amide bonds. The van der Waals surface area contributed by atoms with E-state index in [1.807, 2.05) is 19.1 Å². The molecule has 0 spiro atoms. The number of aromatic nitrogens is 2. The predicted octanol–water partition coefficient (Wildman–Crippen LogP) is 2.81. The second kappa shape index (κ2) is 8.45. The average Bonchev–Trinajstić information content (AvgIpc) is 2.71. The zero-order valence-corrected chi connectivity index (χ0v) is 17.3. The summed E-state index contributed by atoms with van der Waals surface area (Å²) in [4.78, 5) is 25.1. The third-order valence-corrected chi connectivity index (χ3v) is 5.95. The molecule has 7 heteroatoms. The molecular formula is C22H30N4O3. The van der Waals surface area contributed by atoms with Gasteiger partial charge in [0.2, 0.25) is 5.95 Å². The molecule has 2 aliphatic heterocycles. The van der Waals surface area contributed by atoms with Gasteiger partial charge in [-0.05, 0) is 57.2 Å². The summed E-state index contributed by atoms with van der Waals surface area (Å²) < 4.78 is 5.50. The first kappa shape index (κ1) is 19.8. The largest absolute Gasteiger partial charge is 0.504 e. The van der Waals surface area contributed by atoms with Crippen molar-refractivity contribution in [2.45, 2.75) is 58.7 Å². The van der Waals surface area contributed by atoms with Crippen molar-refractivity contribution in [3.05, 3.63) is 45.4 Å². The molecular weight excluding hydrogens is 368 g/mol. The second-order valence-electron chi connectivity index (χ2n) is 8.05. The van der Waals surface area contributed by atoms with Crippen LogP contribution in [0.15, 0.2) is 23.0 Å². The van der Waals surface area contributed by atoms with E-state index in [1.165, 1.54) is 6.42 Å². The van der Waals surface area contributed by atoms with Crippen molar-refractivity contribution in [2.24, 2.45) is 0 Å². The average molecular weight is 399 g/mol. The molecule has 1 saturated heterocycles. The number of nitrogens with one attached hydrogen (secondary N) is 1. The number of aromatic amines is 1. The van der Waals surface area contributed by atoms with Gasteiger partial charge in [-0.2, -0.15) is 0 Å². The zero-order chi connectivity index (χ0) is 20.4. The number of ether oxygens (including phenoxy) is 1. The van der Waals surface area contributed by atoms with Gasteiger partial charge in [0.1, 0.15) is 0 Å². The second-order valence-corrected chi connectivity index (χ2v) is 8.05. The van der Waals surface area contributed by atoms with Crippen LogP contribution in [0.1, 0.15) is 49.9 Å². The highest BCUT2D eigenvalue weighted by molar-refractivity contribution is 5.42. The maximum atomic E-state index is 12.7. The van der Waals surface area contributed by atoms with Gasteiger partial charge in [-0.1, -0.05) is 6.07 Å². The molecule has 7 nitrogen and oxygen atoms in total.